The first-order valence-corrected chi connectivity index (χ1v) is 6.22. The van der Waals surface area contributed by atoms with E-state index in [4.69, 9.17) is 5.73 Å². The van der Waals surface area contributed by atoms with Gasteiger partial charge in [0.15, 0.2) is 0 Å². The van der Waals surface area contributed by atoms with Crippen LogP contribution in [0.4, 0.5) is 5.69 Å². The zero-order valence-corrected chi connectivity index (χ0v) is 10.9. The Kier molecular flexibility index (Phi) is 5.70. The van der Waals surface area contributed by atoms with Gasteiger partial charge in [0.05, 0.1) is 17.6 Å². The second-order valence-corrected chi connectivity index (χ2v) is 4.31. The standard InChI is InChI=1S/C14H23N3/c1-4-6-7-10-17(3)12-8-9-14(16-11-12)13(15)5-2/h4,8-9,11,13H,1,5-7,10,15H2,2-3H3/t13-/m0/s1. The fourth-order valence-corrected chi connectivity index (χ4v) is 1.65. The van der Waals surface area contributed by atoms with Crippen molar-refractivity contribution in [2.24, 2.45) is 5.73 Å². The van der Waals surface area contributed by atoms with Crippen LogP contribution in [-0.4, -0.2) is 18.6 Å². The number of hydrogen-bond donors (Lipinski definition) is 1. The molecule has 1 aromatic rings. The third-order valence-electron chi connectivity index (χ3n) is 2.93. The highest BCUT2D eigenvalue weighted by Crippen LogP contribution is 2.16. The minimum absolute atomic E-state index is 0.0510. The number of hydrogen-bond acceptors (Lipinski definition) is 3. The van der Waals surface area contributed by atoms with Gasteiger partial charge in [-0.1, -0.05) is 13.0 Å². The van der Waals surface area contributed by atoms with Crippen molar-refractivity contribution in [1.82, 2.24) is 4.98 Å². The number of allylic oxidation sites excluding steroid dienone is 1. The summed E-state index contributed by atoms with van der Waals surface area (Å²) in [5, 5.41) is 0. The predicted octanol–water partition coefficient (Wildman–Crippen LogP) is 2.89. The SMILES string of the molecule is C=CCCCN(C)c1ccc([C@@H](N)CC)nc1. The van der Waals surface area contributed by atoms with E-state index in [2.05, 4.69) is 36.5 Å². The second-order valence-electron chi connectivity index (χ2n) is 4.31. The molecule has 94 valence electrons. The van der Waals surface area contributed by atoms with Crippen molar-refractivity contribution in [3.63, 3.8) is 0 Å². The number of unbranched alkanes of at least 4 members (excludes halogenated alkanes) is 1. The van der Waals surface area contributed by atoms with Crippen molar-refractivity contribution < 1.29 is 0 Å². The molecule has 1 aromatic heterocycles. The summed E-state index contributed by atoms with van der Waals surface area (Å²) < 4.78 is 0. The molecule has 0 saturated heterocycles. The molecule has 0 radical (unpaired) electrons. The minimum Gasteiger partial charge on any atom is -0.373 e. The van der Waals surface area contributed by atoms with Gasteiger partial charge in [-0.2, -0.15) is 0 Å². The zero-order valence-electron chi connectivity index (χ0n) is 10.9. The maximum absolute atomic E-state index is 5.93. The molecule has 17 heavy (non-hydrogen) atoms. The van der Waals surface area contributed by atoms with Crippen LogP contribution in [0.2, 0.25) is 0 Å². The number of anilines is 1. The lowest BCUT2D eigenvalue weighted by Crippen LogP contribution is -2.19. The van der Waals surface area contributed by atoms with Gasteiger partial charge in [0.1, 0.15) is 0 Å². The van der Waals surface area contributed by atoms with Crippen molar-refractivity contribution in [2.45, 2.75) is 32.2 Å². The largest absolute Gasteiger partial charge is 0.373 e. The number of rotatable bonds is 7. The summed E-state index contributed by atoms with van der Waals surface area (Å²) in [6.45, 7) is 6.82. The highest BCUT2D eigenvalue weighted by molar-refractivity contribution is 5.43. The zero-order chi connectivity index (χ0) is 12.7. The molecule has 0 spiro atoms. The molecule has 0 fully saturated rings. The first-order chi connectivity index (χ1) is 8.19. The Hall–Kier alpha value is -1.35. The number of aromatic nitrogens is 1. The van der Waals surface area contributed by atoms with Crippen LogP contribution in [-0.2, 0) is 0 Å². The van der Waals surface area contributed by atoms with Crippen molar-refractivity contribution in [2.75, 3.05) is 18.5 Å². The van der Waals surface area contributed by atoms with Crippen LogP contribution >= 0.6 is 0 Å². The van der Waals surface area contributed by atoms with Gasteiger partial charge in [0.2, 0.25) is 0 Å². The molecule has 0 aromatic carbocycles. The first-order valence-electron chi connectivity index (χ1n) is 6.22. The molecular weight excluding hydrogens is 210 g/mol. The molecule has 0 aliphatic rings. The summed E-state index contributed by atoms with van der Waals surface area (Å²) in [5.41, 5.74) is 8.04. The lowest BCUT2D eigenvalue weighted by atomic mass is 10.1. The molecule has 1 atom stereocenters. The average molecular weight is 233 g/mol. The Morgan fingerprint density at radius 1 is 1.53 bits per heavy atom. The lowest BCUT2D eigenvalue weighted by molar-refractivity contribution is 0.675. The molecule has 2 N–H and O–H groups in total. The molecule has 3 heteroatoms. The maximum Gasteiger partial charge on any atom is 0.0572 e. The molecule has 0 aliphatic heterocycles. The molecule has 0 amide bonds. The van der Waals surface area contributed by atoms with Crippen molar-refractivity contribution in [1.29, 1.82) is 0 Å². The van der Waals surface area contributed by atoms with E-state index < -0.39 is 0 Å². The summed E-state index contributed by atoms with van der Waals surface area (Å²) in [6.07, 6.45) is 6.95. The molecule has 3 nitrogen and oxygen atoms in total. The fraction of sp³-hybridized carbons (Fsp3) is 0.500. The van der Waals surface area contributed by atoms with E-state index in [0.717, 1.165) is 37.2 Å². The Morgan fingerprint density at radius 3 is 2.82 bits per heavy atom. The van der Waals surface area contributed by atoms with Crippen LogP contribution in [0.3, 0.4) is 0 Å². The Labute approximate surface area is 104 Å². The summed E-state index contributed by atoms with van der Waals surface area (Å²) in [5.74, 6) is 0. The molecule has 0 bridgehead atoms. The summed E-state index contributed by atoms with van der Waals surface area (Å²) >= 11 is 0. The average Bonchev–Trinajstić information content (AvgIpc) is 2.38. The van der Waals surface area contributed by atoms with Crippen LogP contribution in [0.15, 0.2) is 31.0 Å². The van der Waals surface area contributed by atoms with E-state index in [-0.39, 0.29) is 6.04 Å². The van der Waals surface area contributed by atoms with Crippen LogP contribution in [0.5, 0.6) is 0 Å². The lowest BCUT2D eigenvalue weighted by Gasteiger charge is -2.19. The first kappa shape index (κ1) is 13.7. The smallest absolute Gasteiger partial charge is 0.0572 e. The Bertz CT molecular complexity index is 332. The van der Waals surface area contributed by atoms with E-state index in [1.807, 2.05) is 18.3 Å². The van der Waals surface area contributed by atoms with Gasteiger partial charge in [-0.25, -0.2) is 0 Å². The molecular formula is C14H23N3. The van der Waals surface area contributed by atoms with Crippen molar-refractivity contribution in [3.8, 4) is 0 Å². The fourth-order valence-electron chi connectivity index (χ4n) is 1.65. The van der Waals surface area contributed by atoms with Crippen LogP contribution < -0.4 is 10.6 Å². The van der Waals surface area contributed by atoms with Gasteiger partial charge >= 0.3 is 0 Å². The molecule has 1 heterocycles. The van der Waals surface area contributed by atoms with Crippen LogP contribution in [0.25, 0.3) is 0 Å². The van der Waals surface area contributed by atoms with Crippen LogP contribution in [0.1, 0.15) is 37.9 Å². The molecule has 1 rings (SSSR count). The van der Waals surface area contributed by atoms with Gasteiger partial charge in [0, 0.05) is 19.6 Å². The number of nitrogens with zero attached hydrogens (tertiary/aromatic N) is 2. The second kappa shape index (κ2) is 7.07. The van der Waals surface area contributed by atoms with E-state index in [9.17, 15) is 0 Å². The highest BCUT2D eigenvalue weighted by atomic mass is 15.1. The normalized spacial score (nSPS) is 12.2. The molecule has 0 aliphatic carbocycles. The van der Waals surface area contributed by atoms with Crippen molar-refractivity contribution >= 4 is 5.69 Å². The van der Waals surface area contributed by atoms with Gasteiger partial charge in [0.25, 0.3) is 0 Å². The monoisotopic (exact) mass is 233 g/mol. The third kappa shape index (κ3) is 4.19. The third-order valence-corrected chi connectivity index (χ3v) is 2.93. The quantitative estimate of drug-likeness (QED) is 0.581. The van der Waals surface area contributed by atoms with Gasteiger partial charge in [-0.3, -0.25) is 4.98 Å². The Balaban J connectivity index is 2.57. The van der Waals surface area contributed by atoms with Gasteiger partial charge < -0.3 is 10.6 Å². The van der Waals surface area contributed by atoms with Crippen LogP contribution in [0, 0.1) is 0 Å². The number of nitrogens with two attached hydrogens (primary N) is 1. The van der Waals surface area contributed by atoms with E-state index >= 15 is 0 Å². The molecule has 0 unspecified atom stereocenters. The maximum atomic E-state index is 5.93. The molecule has 0 saturated carbocycles. The summed E-state index contributed by atoms with van der Waals surface area (Å²) in [4.78, 5) is 6.62. The minimum atomic E-state index is 0.0510. The highest BCUT2D eigenvalue weighted by Gasteiger charge is 2.06. The van der Waals surface area contributed by atoms with E-state index in [1.165, 1.54) is 0 Å². The Morgan fingerprint density at radius 2 is 2.29 bits per heavy atom. The van der Waals surface area contributed by atoms with Gasteiger partial charge in [-0.05, 0) is 31.4 Å². The topological polar surface area (TPSA) is 42.1 Å². The van der Waals surface area contributed by atoms with E-state index in [0.29, 0.717) is 0 Å². The van der Waals surface area contributed by atoms with Gasteiger partial charge in [-0.15, -0.1) is 6.58 Å². The van der Waals surface area contributed by atoms with E-state index in [1.54, 1.807) is 0 Å². The predicted molar refractivity (Wildman–Crippen MR) is 74.2 cm³/mol. The summed E-state index contributed by atoms with van der Waals surface area (Å²) in [6, 6.07) is 4.16. The van der Waals surface area contributed by atoms with Crippen molar-refractivity contribution in [3.05, 3.63) is 36.7 Å². The summed E-state index contributed by atoms with van der Waals surface area (Å²) in [7, 11) is 2.08. The number of pyridine rings is 1.